The van der Waals surface area contributed by atoms with Gasteiger partial charge in [-0.15, -0.1) is 11.3 Å². The first-order valence-corrected chi connectivity index (χ1v) is 8.52. The van der Waals surface area contributed by atoms with Crippen molar-refractivity contribution in [3.63, 3.8) is 0 Å². The second-order valence-corrected chi connectivity index (χ2v) is 6.70. The predicted octanol–water partition coefficient (Wildman–Crippen LogP) is 3.98. The zero-order valence-corrected chi connectivity index (χ0v) is 13.4. The highest BCUT2D eigenvalue weighted by Gasteiger charge is 2.12. The smallest absolute Gasteiger partial charge is 0.228 e. The fourth-order valence-electron chi connectivity index (χ4n) is 2.67. The van der Waals surface area contributed by atoms with Crippen LogP contribution in [0.5, 0.6) is 5.88 Å². The molecule has 4 heteroatoms. The molecule has 0 radical (unpaired) electrons. The molecule has 0 saturated carbocycles. The monoisotopic (exact) mass is 302 g/mol. The lowest BCUT2D eigenvalue weighted by atomic mass is 10.1. The average Bonchev–Trinajstić information content (AvgIpc) is 2.91. The van der Waals surface area contributed by atoms with E-state index in [9.17, 15) is 0 Å². The van der Waals surface area contributed by atoms with Crippen molar-refractivity contribution >= 4 is 11.3 Å². The molecule has 0 aliphatic carbocycles. The minimum atomic E-state index is 0.735. The summed E-state index contributed by atoms with van der Waals surface area (Å²) in [6, 6.07) is 10.3. The number of aryl methyl sites for hydroxylation is 1. The maximum Gasteiger partial charge on any atom is 0.228 e. The third-order valence-corrected chi connectivity index (χ3v) is 4.87. The number of piperidine rings is 1. The number of likely N-dealkylation sites (tertiary alicyclic amines) is 1. The molecule has 1 aliphatic rings. The van der Waals surface area contributed by atoms with Crippen LogP contribution in [-0.2, 0) is 0 Å². The summed E-state index contributed by atoms with van der Waals surface area (Å²) in [5.41, 5.74) is 1.16. The lowest BCUT2D eigenvalue weighted by molar-refractivity contribution is 0.180. The predicted molar refractivity (Wildman–Crippen MR) is 88.1 cm³/mol. The molecule has 112 valence electrons. The van der Waals surface area contributed by atoms with Crippen molar-refractivity contribution in [2.45, 2.75) is 26.2 Å². The highest BCUT2D eigenvalue weighted by atomic mass is 32.1. The van der Waals surface area contributed by atoms with Gasteiger partial charge in [0.25, 0.3) is 0 Å². The van der Waals surface area contributed by atoms with Crippen molar-refractivity contribution in [1.29, 1.82) is 0 Å². The molecule has 21 heavy (non-hydrogen) atoms. The third kappa shape index (κ3) is 3.83. The topological polar surface area (TPSA) is 25.4 Å². The van der Waals surface area contributed by atoms with E-state index in [-0.39, 0.29) is 0 Å². The molecule has 1 aromatic heterocycles. The lowest BCUT2D eigenvalue weighted by Crippen LogP contribution is -2.33. The van der Waals surface area contributed by atoms with E-state index in [0.717, 1.165) is 34.5 Å². The molecule has 0 bridgehead atoms. The average molecular weight is 302 g/mol. The van der Waals surface area contributed by atoms with E-state index in [4.69, 9.17) is 4.74 Å². The fourth-order valence-corrected chi connectivity index (χ4v) is 3.54. The SMILES string of the molecule is Cc1sc(-c2ccccc2)nc1OCCN1CCCCC1. The molecular weight excluding hydrogens is 280 g/mol. The zero-order valence-electron chi connectivity index (χ0n) is 12.5. The highest BCUT2D eigenvalue weighted by molar-refractivity contribution is 7.15. The van der Waals surface area contributed by atoms with Gasteiger partial charge in [-0.05, 0) is 32.9 Å². The van der Waals surface area contributed by atoms with Crippen molar-refractivity contribution in [1.82, 2.24) is 9.88 Å². The molecule has 2 heterocycles. The number of hydrogen-bond donors (Lipinski definition) is 0. The van der Waals surface area contributed by atoms with Gasteiger partial charge in [-0.25, -0.2) is 4.98 Å². The number of benzene rings is 1. The van der Waals surface area contributed by atoms with Crippen LogP contribution in [0, 0.1) is 6.92 Å². The number of thiazole rings is 1. The van der Waals surface area contributed by atoms with Gasteiger partial charge in [0.1, 0.15) is 11.6 Å². The zero-order chi connectivity index (χ0) is 14.5. The molecule has 1 aliphatic heterocycles. The molecule has 3 rings (SSSR count). The minimum Gasteiger partial charge on any atom is -0.476 e. The van der Waals surface area contributed by atoms with E-state index in [1.807, 2.05) is 18.2 Å². The lowest BCUT2D eigenvalue weighted by Gasteiger charge is -2.25. The first-order valence-electron chi connectivity index (χ1n) is 7.71. The Morgan fingerprint density at radius 3 is 2.67 bits per heavy atom. The van der Waals surface area contributed by atoms with E-state index in [0.29, 0.717) is 0 Å². The molecule has 1 aromatic carbocycles. The van der Waals surface area contributed by atoms with E-state index in [2.05, 4.69) is 28.9 Å². The van der Waals surface area contributed by atoms with Crippen molar-refractivity contribution in [2.24, 2.45) is 0 Å². The Hall–Kier alpha value is -1.39. The second-order valence-electron chi connectivity index (χ2n) is 5.50. The largest absolute Gasteiger partial charge is 0.476 e. The minimum absolute atomic E-state index is 0.735. The number of aromatic nitrogens is 1. The van der Waals surface area contributed by atoms with Crippen LogP contribution in [-0.4, -0.2) is 36.1 Å². The number of nitrogens with zero attached hydrogens (tertiary/aromatic N) is 2. The van der Waals surface area contributed by atoms with Crippen LogP contribution >= 0.6 is 11.3 Å². The Labute approximate surface area is 130 Å². The Morgan fingerprint density at radius 1 is 1.14 bits per heavy atom. The molecule has 0 amide bonds. The summed E-state index contributed by atoms with van der Waals surface area (Å²) >= 11 is 1.70. The Morgan fingerprint density at radius 2 is 1.90 bits per heavy atom. The third-order valence-electron chi connectivity index (χ3n) is 3.87. The molecule has 0 N–H and O–H groups in total. The summed E-state index contributed by atoms with van der Waals surface area (Å²) < 4.78 is 5.90. The van der Waals surface area contributed by atoms with Crippen LogP contribution in [0.1, 0.15) is 24.1 Å². The summed E-state index contributed by atoms with van der Waals surface area (Å²) in [5, 5.41) is 1.04. The Kier molecular flexibility index (Phi) is 4.88. The van der Waals surface area contributed by atoms with Crippen LogP contribution in [0.2, 0.25) is 0 Å². The number of ether oxygens (including phenoxy) is 1. The van der Waals surface area contributed by atoms with Crippen molar-refractivity contribution in [2.75, 3.05) is 26.2 Å². The molecule has 3 nitrogen and oxygen atoms in total. The van der Waals surface area contributed by atoms with E-state index >= 15 is 0 Å². The molecule has 1 saturated heterocycles. The van der Waals surface area contributed by atoms with E-state index < -0.39 is 0 Å². The molecule has 2 aromatic rings. The summed E-state index contributed by atoms with van der Waals surface area (Å²) in [6.45, 7) is 6.26. The number of hydrogen-bond acceptors (Lipinski definition) is 4. The number of rotatable bonds is 5. The van der Waals surface area contributed by atoms with Crippen LogP contribution < -0.4 is 4.74 Å². The molecule has 0 atom stereocenters. The molecular formula is C17H22N2OS. The maximum absolute atomic E-state index is 5.90. The van der Waals surface area contributed by atoms with Crippen LogP contribution in [0.25, 0.3) is 10.6 Å². The van der Waals surface area contributed by atoms with Gasteiger partial charge in [0.15, 0.2) is 0 Å². The van der Waals surface area contributed by atoms with Gasteiger partial charge in [0.05, 0.1) is 4.88 Å². The highest BCUT2D eigenvalue weighted by Crippen LogP contribution is 2.31. The summed E-state index contributed by atoms with van der Waals surface area (Å²) in [5.74, 6) is 0.802. The second kappa shape index (κ2) is 7.05. The van der Waals surface area contributed by atoms with Gasteiger partial charge in [0, 0.05) is 12.1 Å². The van der Waals surface area contributed by atoms with Crippen LogP contribution in [0.3, 0.4) is 0 Å². The first kappa shape index (κ1) is 14.5. The molecule has 0 spiro atoms. The van der Waals surface area contributed by atoms with Gasteiger partial charge in [-0.2, -0.15) is 0 Å². The quantitative estimate of drug-likeness (QED) is 0.835. The Balaban J connectivity index is 1.57. The Bertz CT molecular complexity index is 561. The van der Waals surface area contributed by atoms with Gasteiger partial charge in [-0.1, -0.05) is 36.8 Å². The standard InChI is InChI=1S/C17H22N2OS/c1-14-16(20-13-12-19-10-6-3-7-11-19)18-17(21-14)15-8-4-2-5-9-15/h2,4-5,8-9H,3,6-7,10-13H2,1H3. The van der Waals surface area contributed by atoms with Gasteiger partial charge < -0.3 is 4.74 Å². The van der Waals surface area contributed by atoms with E-state index in [1.165, 1.54) is 32.4 Å². The first-order chi connectivity index (χ1) is 10.3. The van der Waals surface area contributed by atoms with Crippen molar-refractivity contribution < 1.29 is 4.74 Å². The summed E-state index contributed by atoms with van der Waals surface area (Å²) in [4.78, 5) is 8.29. The normalized spacial score (nSPS) is 16.0. The van der Waals surface area contributed by atoms with Crippen LogP contribution in [0.4, 0.5) is 0 Å². The fraction of sp³-hybridized carbons (Fsp3) is 0.471. The maximum atomic E-state index is 5.90. The molecule has 1 fully saturated rings. The van der Waals surface area contributed by atoms with E-state index in [1.54, 1.807) is 11.3 Å². The summed E-state index contributed by atoms with van der Waals surface area (Å²) in [6.07, 6.45) is 4.03. The van der Waals surface area contributed by atoms with Crippen molar-refractivity contribution in [3.8, 4) is 16.5 Å². The van der Waals surface area contributed by atoms with Crippen molar-refractivity contribution in [3.05, 3.63) is 35.2 Å². The van der Waals surface area contributed by atoms with Gasteiger partial charge >= 0.3 is 0 Å². The summed E-state index contributed by atoms with van der Waals surface area (Å²) in [7, 11) is 0. The van der Waals surface area contributed by atoms with Gasteiger partial charge in [-0.3, -0.25) is 4.90 Å². The van der Waals surface area contributed by atoms with Gasteiger partial charge in [0.2, 0.25) is 5.88 Å². The molecule has 0 unspecified atom stereocenters. The van der Waals surface area contributed by atoms with Crippen LogP contribution in [0.15, 0.2) is 30.3 Å².